The summed E-state index contributed by atoms with van der Waals surface area (Å²) < 4.78 is 10.1. The molecule has 0 radical (unpaired) electrons. The monoisotopic (exact) mass is 213 g/mol. The SMILES string of the molecule is COC(=O)C1C[C@H]2COC(C)(C)N2C1=O. The van der Waals surface area contributed by atoms with Gasteiger partial charge in [0.05, 0.1) is 19.8 Å². The molecule has 0 N–H and O–H groups in total. The molecule has 2 atom stereocenters. The molecular formula is C10H15NO4. The van der Waals surface area contributed by atoms with Crippen molar-refractivity contribution in [2.24, 2.45) is 5.92 Å². The van der Waals surface area contributed by atoms with Crippen LogP contribution in [0.4, 0.5) is 0 Å². The van der Waals surface area contributed by atoms with Crippen LogP contribution in [-0.4, -0.2) is 42.3 Å². The zero-order valence-electron chi connectivity index (χ0n) is 9.15. The van der Waals surface area contributed by atoms with Crippen molar-refractivity contribution in [1.82, 2.24) is 4.90 Å². The van der Waals surface area contributed by atoms with E-state index in [0.29, 0.717) is 13.0 Å². The topological polar surface area (TPSA) is 55.8 Å². The first kappa shape index (κ1) is 10.4. The first-order valence-electron chi connectivity index (χ1n) is 5.02. The van der Waals surface area contributed by atoms with Gasteiger partial charge in [0.2, 0.25) is 5.91 Å². The fraction of sp³-hybridized carbons (Fsp3) is 0.800. The molecule has 0 bridgehead atoms. The molecular weight excluding hydrogens is 198 g/mol. The number of fused-ring (bicyclic) bond motifs is 1. The molecule has 2 rings (SSSR count). The fourth-order valence-corrected chi connectivity index (χ4v) is 2.38. The van der Waals surface area contributed by atoms with Crippen LogP contribution < -0.4 is 0 Å². The van der Waals surface area contributed by atoms with Crippen LogP contribution in [0.25, 0.3) is 0 Å². The van der Waals surface area contributed by atoms with E-state index in [-0.39, 0.29) is 11.9 Å². The van der Waals surface area contributed by atoms with Crippen LogP contribution in [-0.2, 0) is 19.1 Å². The Kier molecular flexibility index (Phi) is 2.22. The van der Waals surface area contributed by atoms with Gasteiger partial charge in [-0.1, -0.05) is 0 Å². The number of esters is 1. The van der Waals surface area contributed by atoms with Gasteiger partial charge in [0.1, 0.15) is 11.6 Å². The van der Waals surface area contributed by atoms with Crippen molar-refractivity contribution in [3.8, 4) is 0 Å². The molecule has 0 aromatic heterocycles. The molecule has 2 fully saturated rings. The molecule has 0 aromatic carbocycles. The van der Waals surface area contributed by atoms with E-state index in [9.17, 15) is 9.59 Å². The van der Waals surface area contributed by atoms with E-state index in [1.807, 2.05) is 13.8 Å². The van der Waals surface area contributed by atoms with Crippen LogP contribution in [0.3, 0.4) is 0 Å². The molecule has 0 aliphatic carbocycles. The van der Waals surface area contributed by atoms with E-state index in [4.69, 9.17) is 4.74 Å². The molecule has 2 aliphatic heterocycles. The predicted octanol–water partition coefficient (Wildman–Crippen LogP) is 0.143. The summed E-state index contributed by atoms with van der Waals surface area (Å²) in [5.74, 6) is -1.25. The van der Waals surface area contributed by atoms with Crippen molar-refractivity contribution in [3.05, 3.63) is 0 Å². The molecule has 1 amide bonds. The van der Waals surface area contributed by atoms with Crippen molar-refractivity contribution in [2.75, 3.05) is 13.7 Å². The van der Waals surface area contributed by atoms with Crippen LogP contribution in [0.15, 0.2) is 0 Å². The van der Waals surface area contributed by atoms with Gasteiger partial charge in [-0.05, 0) is 20.3 Å². The summed E-state index contributed by atoms with van der Waals surface area (Å²) in [7, 11) is 1.31. The normalized spacial score (nSPS) is 33.0. The largest absolute Gasteiger partial charge is 0.468 e. The highest BCUT2D eigenvalue weighted by molar-refractivity contribution is 6.00. The van der Waals surface area contributed by atoms with E-state index in [2.05, 4.69) is 4.74 Å². The predicted molar refractivity (Wildman–Crippen MR) is 50.8 cm³/mol. The van der Waals surface area contributed by atoms with Gasteiger partial charge < -0.3 is 14.4 Å². The third-order valence-electron chi connectivity index (χ3n) is 3.10. The minimum absolute atomic E-state index is 0.0246. The molecule has 0 spiro atoms. The molecule has 15 heavy (non-hydrogen) atoms. The number of ether oxygens (including phenoxy) is 2. The van der Waals surface area contributed by atoms with Crippen molar-refractivity contribution in [3.63, 3.8) is 0 Å². The first-order chi connectivity index (χ1) is 6.97. The maximum atomic E-state index is 11.9. The summed E-state index contributed by atoms with van der Waals surface area (Å²) in [5, 5.41) is 0. The van der Waals surface area contributed by atoms with Gasteiger partial charge in [-0.25, -0.2) is 0 Å². The minimum Gasteiger partial charge on any atom is -0.468 e. The lowest BCUT2D eigenvalue weighted by Crippen LogP contribution is -2.45. The number of rotatable bonds is 1. The number of carbonyl (C=O) groups excluding carboxylic acids is 2. The van der Waals surface area contributed by atoms with Crippen molar-refractivity contribution in [2.45, 2.75) is 32.0 Å². The second-order valence-corrected chi connectivity index (χ2v) is 4.43. The minimum atomic E-state index is -0.636. The second-order valence-electron chi connectivity index (χ2n) is 4.43. The molecule has 0 saturated carbocycles. The Labute approximate surface area is 88.3 Å². The third-order valence-corrected chi connectivity index (χ3v) is 3.10. The first-order valence-corrected chi connectivity index (χ1v) is 5.02. The van der Waals surface area contributed by atoms with E-state index in [1.54, 1.807) is 4.90 Å². The average Bonchev–Trinajstić information content (AvgIpc) is 2.66. The molecule has 84 valence electrons. The van der Waals surface area contributed by atoms with Crippen LogP contribution in [0, 0.1) is 5.92 Å². The van der Waals surface area contributed by atoms with Crippen molar-refractivity contribution >= 4 is 11.9 Å². The summed E-state index contributed by atoms with van der Waals surface area (Å²) >= 11 is 0. The zero-order valence-corrected chi connectivity index (χ0v) is 9.15. The number of amides is 1. The highest BCUT2D eigenvalue weighted by Gasteiger charge is 2.54. The van der Waals surface area contributed by atoms with Crippen LogP contribution in [0.2, 0.25) is 0 Å². The van der Waals surface area contributed by atoms with Gasteiger partial charge in [0.15, 0.2) is 0 Å². The van der Waals surface area contributed by atoms with Crippen LogP contribution in [0.5, 0.6) is 0 Å². The molecule has 5 nitrogen and oxygen atoms in total. The van der Waals surface area contributed by atoms with Crippen molar-refractivity contribution in [1.29, 1.82) is 0 Å². The Morgan fingerprint density at radius 2 is 2.27 bits per heavy atom. The molecule has 2 aliphatic rings. The molecule has 0 aromatic rings. The molecule has 5 heteroatoms. The summed E-state index contributed by atoms with van der Waals surface area (Å²) in [4.78, 5) is 25.0. The van der Waals surface area contributed by atoms with Crippen LogP contribution in [0.1, 0.15) is 20.3 Å². The quantitative estimate of drug-likeness (QED) is 0.459. The van der Waals surface area contributed by atoms with E-state index >= 15 is 0 Å². The Morgan fingerprint density at radius 1 is 1.60 bits per heavy atom. The van der Waals surface area contributed by atoms with E-state index in [1.165, 1.54) is 7.11 Å². The number of hydrogen-bond acceptors (Lipinski definition) is 4. The number of carbonyl (C=O) groups is 2. The van der Waals surface area contributed by atoms with Gasteiger partial charge in [-0.15, -0.1) is 0 Å². The average molecular weight is 213 g/mol. The lowest BCUT2D eigenvalue weighted by atomic mass is 10.1. The number of methoxy groups -OCH3 is 1. The highest BCUT2D eigenvalue weighted by Crippen LogP contribution is 2.38. The summed E-state index contributed by atoms with van der Waals surface area (Å²) in [6.07, 6.45) is 0.509. The molecule has 2 saturated heterocycles. The van der Waals surface area contributed by atoms with Gasteiger partial charge in [0.25, 0.3) is 0 Å². The van der Waals surface area contributed by atoms with E-state index < -0.39 is 17.6 Å². The smallest absolute Gasteiger partial charge is 0.318 e. The lowest BCUT2D eigenvalue weighted by Gasteiger charge is -2.29. The second kappa shape index (κ2) is 3.20. The van der Waals surface area contributed by atoms with Gasteiger partial charge in [-0.3, -0.25) is 9.59 Å². The third kappa shape index (κ3) is 1.42. The van der Waals surface area contributed by atoms with Gasteiger partial charge in [-0.2, -0.15) is 0 Å². The summed E-state index contributed by atoms with van der Waals surface area (Å²) in [6, 6.07) is 0.0246. The summed E-state index contributed by atoms with van der Waals surface area (Å²) in [6.45, 7) is 4.18. The van der Waals surface area contributed by atoms with Gasteiger partial charge in [0, 0.05) is 0 Å². The fourth-order valence-electron chi connectivity index (χ4n) is 2.38. The highest BCUT2D eigenvalue weighted by atomic mass is 16.5. The Balaban J connectivity index is 2.21. The molecule has 1 unspecified atom stereocenters. The Bertz CT molecular complexity index is 313. The lowest BCUT2D eigenvalue weighted by molar-refractivity contribution is -0.155. The van der Waals surface area contributed by atoms with Crippen molar-refractivity contribution < 1.29 is 19.1 Å². The Morgan fingerprint density at radius 3 is 2.80 bits per heavy atom. The molecule has 2 heterocycles. The maximum absolute atomic E-state index is 11.9. The summed E-state index contributed by atoms with van der Waals surface area (Å²) in [5.41, 5.74) is -0.593. The number of hydrogen-bond donors (Lipinski definition) is 0. The standard InChI is InChI=1S/C10H15NO4/c1-10(2)11-6(5-15-10)4-7(8(11)12)9(13)14-3/h6-7H,4-5H2,1-3H3/t6-,7?/m0/s1. The van der Waals surface area contributed by atoms with Crippen LogP contribution >= 0.6 is 0 Å². The maximum Gasteiger partial charge on any atom is 0.318 e. The zero-order chi connectivity index (χ0) is 11.2. The van der Waals surface area contributed by atoms with Gasteiger partial charge >= 0.3 is 5.97 Å². The van der Waals surface area contributed by atoms with E-state index in [0.717, 1.165) is 0 Å². The number of nitrogens with zero attached hydrogens (tertiary/aromatic N) is 1. The Hall–Kier alpha value is -1.10.